The third-order valence-electron chi connectivity index (χ3n) is 7.69. The summed E-state index contributed by atoms with van der Waals surface area (Å²) in [7, 11) is -1.61. The average molecular weight is 636 g/mol. The number of piperazine rings is 1. The summed E-state index contributed by atoms with van der Waals surface area (Å²) < 4.78 is 26.0. The van der Waals surface area contributed by atoms with Crippen LogP contribution in [0.2, 0.25) is 0 Å². The number of nitriles is 1. The zero-order chi connectivity index (χ0) is 31.0. The van der Waals surface area contributed by atoms with E-state index in [1.807, 2.05) is 30.3 Å². The molecule has 0 saturated carbocycles. The molecule has 9 nitrogen and oxygen atoms in total. The zero-order valence-corrected chi connectivity index (χ0v) is 26.3. The smallest absolute Gasteiger partial charge is 0.214 e. The van der Waals surface area contributed by atoms with Gasteiger partial charge in [0.15, 0.2) is 11.0 Å². The Morgan fingerprint density at radius 2 is 1.67 bits per heavy atom. The average Bonchev–Trinajstić information content (AvgIpc) is 3.60. The van der Waals surface area contributed by atoms with Gasteiger partial charge in [0.1, 0.15) is 23.9 Å². The van der Waals surface area contributed by atoms with Gasteiger partial charge in [-0.2, -0.15) is 9.64 Å². The van der Waals surface area contributed by atoms with Gasteiger partial charge in [-0.25, -0.2) is 9.19 Å². The standard InChI is InChI=1S/C34H33N7O2S2/c35-13-14-40-15-17-41(18-16-40)23-25-5-4-8-28(19-25)31-21-27(26-6-2-1-3-7-26)9-11-33(31)43-32-12-10-30(20-29(32)22-36)45(42)39-34-37-24-38-44-34/h1-12,19-21,24H,13-18,23,35H2,(H,37,38,39). The fraction of sp³-hybridized carbons (Fsp3) is 0.206. The van der Waals surface area contributed by atoms with Crippen LogP contribution in [0.15, 0.2) is 102 Å². The van der Waals surface area contributed by atoms with Crippen LogP contribution >= 0.6 is 11.5 Å². The van der Waals surface area contributed by atoms with Crippen LogP contribution in [0.3, 0.4) is 0 Å². The van der Waals surface area contributed by atoms with Crippen molar-refractivity contribution in [1.29, 1.82) is 5.26 Å². The van der Waals surface area contributed by atoms with Crippen LogP contribution in [0, 0.1) is 11.3 Å². The molecule has 1 atom stereocenters. The quantitative estimate of drug-likeness (QED) is 0.188. The van der Waals surface area contributed by atoms with E-state index in [0.717, 1.165) is 73.1 Å². The number of benzene rings is 4. The van der Waals surface area contributed by atoms with Crippen molar-refractivity contribution in [2.45, 2.75) is 11.4 Å². The summed E-state index contributed by atoms with van der Waals surface area (Å²) in [5.41, 5.74) is 11.4. The minimum absolute atomic E-state index is 0.278. The monoisotopic (exact) mass is 635 g/mol. The molecule has 1 aliphatic heterocycles. The van der Waals surface area contributed by atoms with E-state index in [-0.39, 0.29) is 5.56 Å². The maximum atomic E-state index is 12.9. The second kappa shape index (κ2) is 14.6. The highest BCUT2D eigenvalue weighted by Crippen LogP contribution is 2.38. The van der Waals surface area contributed by atoms with E-state index in [2.05, 4.69) is 72.4 Å². The number of anilines is 1. The van der Waals surface area contributed by atoms with Crippen LogP contribution in [0.25, 0.3) is 22.3 Å². The summed E-state index contributed by atoms with van der Waals surface area (Å²) in [6.45, 7) is 6.57. The number of nitrogens with one attached hydrogen (secondary N) is 1. The molecule has 45 heavy (non-hydrogen) atoms. The Balaban J connectivity index is 1.29. The van der Waals surface area contributed by atoms with Crippen molar-refractivity contribution in [2.75, 3.05) is 44.0 Å². The number of aromatic nitrogens is 2. The second-order valence-corrected chi connectivity index (χ2v) is 12.7. The molecule has 1 fully saturated rings. The minimum atomic E-state index is -1.61. The van der Waals surface area contributed by atoms with Crippen molar-refractivity contribution in [3.8, 4) is 39.8 Å². The number of rotatable bonds is 11. The molecular formula is C34H33N7O2S2. The van der Waals surface area contributed by atoms with Crippen molar-refractivity contribution in [3.05, 3.63) is 108 Å². The van der Waals surface area contributed by atoms with E-state index in [4.69, 9.17) is 10.5 Å². The Morgan fingerprint density at radius 3 is 2.42 bits per heavy atom. The lowest BCUT2D eigenvalue weighted by molar-refractivity contribution is 0.130. The molecule has 11 heteroatoms. The van der Waals surface area contributed by atoms with Gasteiger partial charge in [-0.15, -0.1) is 0 Å². The Labute approximate surface area is 269 Å². The topological polar surface area (TPSA) is 120 Å². The lowest BCUT2D eigenvalue weighted by Crippen LogP contribution is -2.47. The van der Waals surface area contributed by atoms with Gasteiger partial charge in [-0.3, -0.25) is 14.5 Å². The predicted molar refractivity (Wildman–Crippen MR) is 179 cm³/mol. The van der Waals surface area contributed by atoms with E-state index >= 15 is 0 Å². The SMILES string of the molecule is N#Cc1cc(S(=O)Nc2ncns2)ccc1Oc1ccc(-c2ccccc2)cc1-c1cccc(CN2CCN(CCN)CC2)c1. The van der Waals surface area contributed by atoms with E-state index < -0.39 is 11.0 Å². The second-order valence-electron chi connectivity index (χ2n) is 10.7. The minimum Gasteiger partial charge on any atom is -0.455 e. The largest absolute Gasteiger partial charge is 0.455 e. The van der Waals surface area contributed by atoms with Gasteiger partial charge in [-0.05, 0) is 58.7 Å². The molecule has 3 N–H and O–H groups in total. The van der Waals surface area contributed by atoms with Crippen molar-refractivity contribution < 1.29 is 8.95 Å². The van der Waals surface area contributed by atoms with Gasteiger partial charge in [-0.1, -0.05) is 54.6 Å². The third kappa shape index (κ3) is 7.62. The number of hydrogen-bond donors (Lipinski definition) is 2. The van der Waals surface area contributed by atoms with Gasteiger partial charge >= 0.3 is 0 Å². The first-order chi connectivity index (χ1) is 22.1. The summed E-state index contributed by atoms with van der Waals surface area (Å²) in [5, 5.41) is 10.4. The molecule has 0 radical (unpaired) electrons. The molecular weight excluding hydrogens is 603 g/mol. The molecule has 5 aromatic rings. The normalized spacial score (nSPS) is 14.5. The van der Waals surface area contributed by atoms with Gasteiger partial charge in [0, 0.05) is 62.9 Å². The summed E-state index contributed by atoms with van der Waals surface area (Å²) in [4.78, 5) is 9.35. The highest BCUT2D eigenvalue weighted by Gasteiger charge is 2.18. The van der Waals surface area contributed by atoms with Crippen LogP contribution in [0.4, 0.5) is 5.13 Å². The van der Waals surface area contributed by atoms with Crippen LogP contribution < -0.4 is 15.2 Å². The van der Waals surface area contributed by atoms with Gasteiger partial charge < -0.3 is 10.5 Å². The van der Waals surface area contributed by atoms with Gasteiger partial charge in [0.05, 0.1) is 10.5 Å². The number of nitrogens with two attached hydrogens (primary N) is 1. The summed E-state index contributed by atoms with van der Waals surface area (Å²) >= 11 is 1.11. The lowest BCUT2D eigenvalue weighted by atomic mass is 9.97. The van der Waals surface area contributed by atoms with Crippen molar-refractivity contribution >= 4 is 27.6 Å². The predicted octanol–water partition coefficient (Wildman–Crippen LogP) is 5.75. The molecule has 6 rings (SSSR count). The fourth-order valence-corrected chi connectivity index (χ4v) is 6.79. The van der Waals surface area contributed by atoms with Crippen molar-refractivity contribution in [3.63, 3.8) is 0 Å². The summed E-state index contributed by atoms with van der Waals surface area (Å²) in [6.07, 6.45) is 1.39. The fourth-order valence-electron chi connectivity index (χ4n) is 5.38. The number of hydrogen-bond acceptors (Lipinski definition) is 9. The van der Waals surface area contributed by atoms with E-state index in [9.17, 15) is 9.47 Å². The molecule has 0 spiro atoms. The van der Waals surface area contributed by atoms with Gasteiger partial charge in [0.25, 0.3) is 0 Å². The first-order valence-electron chi connectivity index (χ1n) is 14.7. The molecule has 0 amide bonds. The summed E-state index contributed by atoms with van der Waals surface area (Å²) in [5.74, 6) is 1.01. The third-order valence-corrected chi connectivity index (χ3v) is 9.46. The molecule has 0 aliphatic carbocycles. The van der Waals surface area contributed by atoms with E-state index in [0.29, 0.717) is 28.1 Å². The Kier molecular flexibility index (Phi) is 9.89. The van der Waals surface area contributed by atoms with Crippen LogP contribution in [0.5, 0.6) is 11.5 Å². The Bertz CT molecular complexity index is 1800. The molecule has 1 saturated heterocycles. The number of nitrogens with zero attached hydrogens (tertiary/aromatic N) is 5. The van der Waals surface area contributed by atoms with Crippen LogP contribution in [-0.4, -0.2) is 62.6 Å². The Morgan fingerprint density at radius 1 is 0.889 bits per heavy atom. The molecule has 228 valence electrons. The molecule has 2 heterocycles. The van der Waals surface area contributed by atoms with Crippen molar-refractivity contribution in [1.82, 2.24) is 19.2 Å². The maximum absolute atomic E-state index is 12.9. The van der Waals surface area contributed by atoms with E-state index in [1.165, 1.54) is 11.9 Å². The number of ether oxygens (including phenoxy) is 1. The molecule has 1 aromatic heterocycles. The maximum Gasteiger partial charge on any atom is 0.214 e. The Hall–Kier alpha value is -4.44. The highest BCUT2D eigenvalue weighted by molar-refractivity contribution is 7.86. The van der Waals surface area contributed by atoms with Gasteiger partial charge in [0.2, 0.25) is 5.13 Å². The van der Waals surface area contributed by atoms with Crippen LogP contribution in [0.1, 0.15) is 11.1 Å². The highest BCUT2D eigenvalue weighted by atomic mass is 32.2. The van der Waals surface area contributed by atoms with Crippen LogP contribution in [-0.2, 0) is 17.5 Å². The molecule has 1 unspecified atom stereocenters. The van der Waals surface area contributed by atoms with E-state index in [1.54, 1.807) is 18.2 Å². The molecule has 4 aromatic carbocycles. The molecule has 1 aliphatic rings. The first kappa shape index (κ1) is 30.6. The summed E-state index contributed by atoms with van der Waals surface area (Å²) in [6, 6.07) is 32.1. The lowest BCUT2D eigenvalue weighted by Gasteiger charge is -2.34. The zero-order valence-electron chi connectivity index (χ0n) is 24.6. The molecule has 0 bridgehead atoms. The first-order valence-corrected chi connectivity index (χ1v) is 16.6. The van der Waals surface area contributed by atoms with Crippen molar-refractivity contribution in [2.24, 2.45) is 5.73 Å².